The summed E-state index contributed by atoms with van der Waals surface area (Å²) in [5.74, 6) is 1.11. The Bertz CT molecular complexity index is 1160. The third-order valence-electron chi connectivity index (χ3n) is 6.17. The summed E-state index contributed by atoms with van der Waals surface area (Å²) >= 11 is 0. The van der Waals surface area contributed by atoms with Gasteiger partial charge in [-0.2, -0.15) is 0 Å². The molecule has 0 aliphatic carbocycles. The van der Waals surface area contributed by atoms with Crippen molar-refractivity contribution in [2.45, 2.75) is 46.1 Å². The lowest BCUT2D eigenvalue weighted by Crippen LogP contribution is -2.26. The topological polar surface area (TPSA) is 65.0 Å². The van der Waals surface area contributed by atoms with Crippen LogP contribution in [-0.4, -0.2) is 37.5 Å². The van der Waals surface area contributed by atoms with Crippen molar-refractivity contribution in [1.82, 2.24) is 0 Å². The highest BCUT2D eigenvalue weighted by atomic mass is 16.5. The molecule has 0 spiro atoms. The van der Waals surface area contributed by atoms with Crippen LogP contribution in [0.2, 0.25) is 0 Å². The first-order valence-corrected chi connectivity index (χ1v) is 12.3. The monoisotopic (exact) mass is 488 g/mol. The summed E-state index contributed by atoms with van der Waals surface area (Å²) in [7, 11) is 1.70. The maximum Gasteiger partial charge on any atom is 0.333 e. The molecule has 5 heteroatoms. The van der Waals surface area contributed by atoms with Crippen LogP contribution in [-0.2, 0) is 16.0 Å². The van der Waals surface area contributed by atoms with E-state index in [1.165, 1.54) is 5.56 Å². The van der Waals surface area contributed by atoms with Crippen LogP contribution in [0.5, 0.6) is 11.5 Å². The van der Waals surface area contributed by atoms with Crippen molar-refractivity contribution in [3.8, 4) is 22.6 Å². The van der Waals surface area contributed by atoms with Crippen LogP contribution in [0.3, 0.4) is 0 Å². The number of carboxylic acid groups (broad SMARTS) is 1. The largest absolute Gasteiger partial charge is 0.496 e. The molecule has 0 fully saturated rings. The van der Waals surface area contributed by atoms with Gasteiger partial charge in [-0.3, -0.25) is 0 Å². The average molecular weight is 489 g/mol. The van der Waals surface area contributed by atoms with E-state index in [9.17, 15) is 9.90 Å². The highest BCUT2D eigenvalue weighted by Gasteiger charge is 2.17. The number of hydrogen-bond donors (Lipinski definition) is 1. The van der Waals surface area contributed by atoms with E-state index < -0.39 is 12.1 Å². The van der Waals surface area contributed by atoms with Crippen molar-refractivity contribution in [1.29, 1.82) is 0 Å². The molecule has 0 bridgehead atoms. The SMILES string of the molecule is CCOC(Cc1ccc(OCC=C(C)c2ccc(-c3cc(C(C)C)ccc3OC)cc2)cc1)C(=O)O. The van der Waals surface area contributed by atoms with Gasteiger partial charge in [-0.1, -0.05) is 56.3 Å². The lowest BCUT2D eigenvalue weighted by Gasteiger charge is -2.14. The molecule has 1 N–H and O–H groups in total. The van der Waals surface area contributed by atoms with E-state index in [4.69, 9.17) is 14.2 Å². The first-order chi connectivity index (χ1) is 17.3. The van der Waals surface area contributed by atoms with Crippen molar-refractivity contribution >= 4 is 11.5 Å². The molecule has 190 valence electrons. The first kappa shape index (κ1) is 27.0. The van der Waals surface area contributed by atoms with Gasteiger partial charge in [0.25, 0.3) is 0 Å². The molecule has 0 amide bonds. The number of methoxy groups -OCH3 is 1. The van der Waals surface area contributed by atoms with Gasteiger partial charge in [0.05, 0.1) is 7.11 Å². The maximum atomic E-state index is 11.3. The van der Waals surface area contributed by atoms with Gasteiger partial charge in [0, 0.05) is 18.6 Å². The Balaban J connectivity index is 1.62. The molecule has 0 aliphatic heterocycles. The maximum absolute atomic E-state index is 11.3. The molecule has 3 aromatic rings. The number of carboxylic acids is 1. The number of allylic oxidation sites excluding steroid dienone is 1. The fourth-order valence-electron chi connectivity index (χ4n) is 3.96. The molecule has 3 aromatic carbocycles. The summed E-state index contributed by atoms with van der Waals surface area (Å²) < 4.78 is 16.8. The molecule has 0 heterocycles. The number of rotatable bonds is 12. The van der Waals surface area contributed by atoms with Crippen molar-refractivity contribution in [3.63, 3.8) is 0 Å². The Hall–Kier alpha value is -3.57. The molecule has 5 nitrogen and oxygen atoms in total. The Labute approximate surface area is 214 Å². The molecule has 36 heavy (non-hydrogen) atoms. The van der Waals surface area contributed by atoms with Gasteiger partial charge in [-0.05, 0) is 77.9 Å². The van der Waals surface area contributed by atoms with Crippen LogP contribution in [0, 0.1) is 0 Å². The second-order valence-corrected chi connectivity index (χ2v) is 9.02. The number of ether oxygens (including phenoxy) is 3. The summed E-state index contributed by atoms with van der Waals surface area (Å²) in [4.78, 5) is 11.3. The van der Waals surface area contributed by atoms with Crippen LogP contribution in [0.25, 0.3) is 16.7 Å². The van der Waals surface area contributed by atoms with Crippen molar-refractivity contribution in [2.75, 3.05) is 20.3 Å². The first-order valence-electron chi connectivity index (χ1n) is 12.3. The van der Waals surface area contributed by atoms with E-state index >= 15 is 0 Å². The Morgan fingerprint density at radius 2 is 1.69 bits per heavy atom. The van der Waals surface area contributed by atoms with Crippen molar-refractivity contribution < 1.29 is 24.1 Å². The molecule has 0 aromatic heterocycles. The third kappa shape index (κ3) is 7.22. The summed E-state index contributed by atoms with van der Waals surface area (Å²) in [6, 6.07) is 22.3. The minimum absolute atomic E-state index is 0.325. The summed E-state index contributed by atoms with van der Waals surface area (Å²) in [6.07, 6.45) is 1.55. The fraction of sp³-hybridized carbons (Fsp3) is 0.323. The minimum Gasteiger partial charge on any atom is -0.496 e. The molecule has 0 saturated carbocycles. The van der Waals surface area contributed by atoms with Gasteiger partial charge in [0.15, 0.2) is 6.10 Å². The normalized spacial score (nSPS) is 12.4. The van der Waals surface area contributed by atoms with Crippen molar-refractivity contribution in [2.24, 2.45) is 0 Å². The van der Waals surface area contributed by atoms with E-state index in [1.807, 2.05) is 30.3 Å². The predicted octanol–water partition coefficient (Wildman–Crippen LogP) is 7.00. The molecule has 3 rings (SSSR count). The molecule has 0 aliphatic rings. The van der Waals surface area contributed by atoms with E-state index in [0.29, 0.717) is 25.6 Å². The molecular formula is C31H36O5. The highest BCUT2D eigenvalue weighted by Crippen LogP contribution is 2.33. The molecule has 1 atom stereocenters. The Morgan fingerprint density at radius 3 is 2.28 bits per heavy atom. The predicted molar refractivity (Wildman–Crippen MR) is 145 cm³/mol. The molecule has 0 radical (unpaired) electrons. The van der Waals surface area contributed by atoms with E-state index in [-0.39, 0.29) is 0 Å². The highest BCUT2D eigenvalue weighted by molar-refractivity contribution is 5.74. The van der Waals surface area contributed by atoms with Crippen LogP contribution in [0.15, 0.2) is 72.8 Å². The Morgan fingerprint density at radius 1 is 1.00 bits per heavy atom. The Kier molecular flexibility index (Phi) is 9.71. The van der Waals surface area contributed by atoms with Gasteiger partial charge < -0.3 is 19.3 Å². The van der Waals surface area contributed by atoms with Crippen LogP contribution in [0.4, 0.5) is 0 Å². The summed E-state index contributed by atoms with van der Waals surface area (Å²) in [5, 5.41) is 9.25. The third-order valence-corrected chi connectivity index (χ3v) is 6.17. The smallest absolute Gasteiger partial charge is 0.333 e. The number of hydrogen-bond acceptors (Lipinski definition) is 4. The second-order valence-electron chi connectivity index (χ2n) is 9.02. The molecular weight excluding hydrogens is 452 g/mol. The lowest BCUT2D eigenvalue weighted by atomic mass is 9.95. The van der Waals surface area contributed by atoms with Crippen LogP contribution >= 0.6 is 0 Å². The lowest BCUT2D eigenvalue weighted by molar-refractivity contribution is -0.149. The number of aliphatic carboxylic acids is 1. The summed E-state index contributed by atoms with van der Waals surface area (Å²) in [6.45, 7) is 9.05. The minimum atomic E-state index is -0.950. The van der Waals surface area contributed by atoms with Crippen LogP contribution in [0.1, 0.15) is 50.3 Å². The van der Waals surface area contributed by atoms with E-state index in [1.54, 1.807) is 14.0 Å². The van der Waals surface area contributed by atoms with E-state index in [2.05, 4.69) is 63.2 Å². The number of benzene rings is 3. The van der Waals surface area contributed by atoms with Gasteiger partial charge in [0.2, 0.25) is 0 Å². The van der Waals surface area contributed by atoms with E-state index in [0.717, 1.165) is 39.3 Å². The zero-order valence-corrected chi connectivity index (χ0v) is 21.8. The zero-order valence-electron chi connectivity index (χ0n) is 21.8. The molecule has 0 saturated heterocycles. The van der Waals surface area contributed by atoms with Crippen LogP contribution < -0.4 is 9.47 Å². The average Bonchev–Trinajstić information content (AvgIpc) is 2.89. The van der Waals surface area contributed by atoms with Gasteiger partial charge in [-0.25, -0.2) is 4.79 Å². The molecule has 1 unspecified atom stereocenters. The van der Waals surface area contributed by atoms with Gasteiger partial charge >= 0.3 is 5.97 Å². The quantitative estimate of drug-likeness (QED) is 0.297. The fourth-order valence-corrected chi connectivity index (χ4v) is 3.96. The zero-order chi connectivity index (χ0) is 26.1. The van der Waals surface area contributed by atoms with Gasteiger partial charge in [-0.15, -0.1) is 0 Å². The van der Waals surface area contributed by atoms with Gasteiger partial charge in [0.1, 0.15) is 18.1 Å². The second kappa shape index (κ2) is 12.9. The summed E-state index contributed by atoms with van der Waals surface area (Å²) in [5.41, 5.74) is 6.66. The number of carbonyl (C=O) groups is 1. The standard InChI is InChI=1S/C31H36O5/c1-6-35-30(31(32)33)19-23-7-14-27(15-8-23)36-18-17-22(4)24-9-11-25(12-10-24)28-20-26(21(2)3)13-16-29(28)34-5/h7-17,20-21,30H,6,18-19H2,1-5H3,(H,32,33). The van der Waals surface area contributed by atoms with Crippen molar-refractivity contribution in [3.05, 3.63) is 89.5 Å².